The van der Waals surface area contributed by atoms with E-state index < -0.39 is 5.60 Å². The number of aromatic nitrogens is 2. The van der Waals surface area contributed by atoms with Crippen molar-refractivity contribution in [2.24, 2.45) is 0 Å². The van der Waals surface area contributed by atoms with Crippen molar-refractivity contribution in [3.05, 3.63) is 53.9 Å². The van der Waals surface area contributed by atoms with E-state index in [0.29, 0.717) is 49.1 Å². The van der Waals surface area contributed by atoms with Crippen LogP contribution < -0.4 is 4.74 Å². The minimum absolute atomic E-state index is 0.0170. The van der Waals surface area contributed by atoms with Crippen LogP contribution in [0.1, 0.15) is 32.0 Å². The summed E-state index contributed by atoms with van der Waals surface area (Å²) in [5.41, 5.74) is 1.49. The van der Waals surface area contributed by atoms with Gasteiger partial charge in [0.1, 0.15) is 17.9 Å². The Morgan fingerprint density at radius 2 is 1.80 bits per heavy atom. The lowest BCUT2D eigenvalue weighted by atomic mass is 10.2. The first kappa shape index (κ1) is 24.1. The second-order valence-electron chi connectivity index (χ2n) is 9.53. The van der Waals surface area contributed by atoms with Gasteiger partial charge < -0.3 is 23.8 Å². The van der Waals surface area contributed by atoms with Crippen molar-refractivity contribution in [3.63, 3.8) is 0 Å². The fourth-order valence-corrected chi connectivity index (χ4v) is 4.00. The summed E-state index contributed by atoms with van der Waals surface area (Å²) in [6.45, 7) is 9.32. The van der Waals surface area contributed by atoms with Gasteiger partial charge in [0.15, 0.2) is 0 Å². The maximum atomic E-state index is 13.0. The Morgan fingerprint density at radius 1 is 1.09 bits per heavy atom. The van der Waals surface area contributed by atoms with Crippen LogP contribution in [0.4, 0.5) is 4.79 Å². The normalized spacial score (nSPS) is 14.0. The molecule has 35 heavy (non-hydrogen) atoms. The predicted octanol–water partition coefficient (Wildman–Crippen LogP) is 4.09. The van der Waals surface area contributed by atoms with Crippen molar-refractivity contribution < 1.29 is 19.1 Å². The van der Waals surface area contributed by atoms with E-state index in [4.69, 9.17) is 9.47 Å². The van der Waals surface area contributed by atoms with Gasteiger partial charge in [-0.25, -0.2) is 9.78 Å². The van der Waals surface area contributed by atoms with Crippen molar-refractivity contribution in [1.29, 1.82) is 5.26 Å². The molecule has 1 saturated heterocycles. The zero-order chi connectivity index (χ0) is 25.2. The molecule has 0 N–H and O–H groups in total. The number of amides is 2. The van der Waals surface area contributed by atoms with Gasteiger partial charge in [0.2, 0.25) is 11.8 Å². The smallest absolute Gasteiger partial charge is 0.410 e. The Labute approximate surface area is 204 Å². The summed E-state index contributed by atoms with van der Waals surface area (Å²) in [7, 11) is 0. The van der Waals surface area contributed by atoms with Gasteiger partial charge in [-0.3, -0.25) is 4.79 Å². The van der Waals surface area contributed by atoms with Crippen LogP contribution in [0.25, 0.3) is 10.9 Å². The minimum Gasteiger partial charge on any atom is -0.444 e. The molecule has 2 amide bonds. The van der Waals surface area contributed by atoms with Crippen molar-refractivity contribution in [1.82, 2.24) is 19.4 Å². The largest absolute Gasteiger partial charge is 0.444 e. The van der Waals surface area contributed by atoms with Crippen molar-refractivity contribution >= 4 is 22.9 Å². The lowest BCUT2D eigenvalue weighted by Crippen LogP contribution is -2.52. The number of hydrogen-bond acceptors (Lipinski definition) is 6. The highest BCUT2D eigenvalue weighted by Crippen LogP contribution is 2.30. The molecule has 1 aromatic carbocycles. The molecule has 4 rings (SSSR count). The van der Waals surface area contributed by atoms with Gasteiger partial charge in [0.05, 0.1) is 17.1 Å². The van der Waals surface area contributed by atoms with Crippen LogP contribution in [0.15, 0.2) is 42.6 Å². The first-order valence-corrected chi connectivity index (χ1v) is 11.5. The monoisotopic (exact) mass is 475 g/mol. The lowest BCUT2D eigenvalue weighted by molar-refractivity contribution is -0.133. The summed E-state index contributed by atoms with van der Waals surface area (Å²) in [5, 5.41) is 10.1. The van der Waals surface area contributed by atoms with E-state index in [-0.39, 0.29) is 18.5 Å². The van der Waals surface area contributed by atoms with E-state index in [2.05, 4.69) is 11.1 Å². The molecular formula is C26H29N5O4. The number of nitriles is 1. The average Bonchev–Trinajstić information content (AvgIpc) is 3.21. The van der Waals surface area contributed by atoms with Gasteiger partial charge in [0, 0.05) is 49.5 Å². The van der Waals surface area contributed by atoms with Gasteiger partial charge in [-0.15, -0.1) is 0 Å². The SMILES string of the molecule is Cc1cc(C#N)cc(Oc2cccc3c2ccn3CC(=O)N2CCN(C(=O)OC(C)(C)C)CC2)n1. The number of rotatable bonds is 4. The van der Waals surface area contributed by atoms with Crippen molar-refractivity contribution in [3.8, 4) is 17.7 Å². The minimum atomic E-state index is -0.546. The van der Waals surface area contributed by atoms with Crippen molar-refractivity contribution in [2.45, 2.75) is 39.8 Å². The molecule has 3 heterocycles. The molecular weight excluding hydrogens is 446 g/mol. The highest BCUT2D eigenvalue weighted by molar-refractivity contribution is 5.88. The number of aryl methyl sites for hydroxylation is 1. The van der Waals surface area contributed by atoms with E-state index in [1.807, 2.05) is 62.7 Å². The number of nitrogens with zero attached hydrogens (tertiary/aromatic N) is 5. The van der Waals surface area contributed by atoms with Gasteiger partial charge in [-0.1, -0.05) is 6.07 Å². The summed E-state index contributed by atoms with van der Waals surface area (Å²) < 4.78 is 13.3. The van der Waals surface area contributed by atoms with E-state index in [0.717, 1.165) is 10.9 Å². The summed E-state index contributed by atoms with van der Waals surface area (Å²) in [5.74, 6) is 0.930. The number of ether oxygens (including phenoxy) is 2. The molecule has 0 unspecified atom stereocenters. The van der Waals surface area contributed by atoms with E-state index in [1.54, 1.807) is 21.9 Å². The number of carbonyl (C=O) groups is 2. The highest BCUT2D eigenvalue weighted by atomic mass is 16.6. The predicted molar refractivity (Wildman–Crippen MR) is 130 cm³/mol. The third-order valence-corrected chi connectivity index (χ3v) is 5.64. The van der Waals surface area contributed by atoms with E-state index >= 15 is 0 Å². The Hall–Kier alpha value is -4.06. The molecule has 182 valence electrons. The maximum Gasteiger partial charge on any atom is 0.410 e. The second kappa shape index (κ2) is 9.66. The molecule has 1 aliphatic heterocycles. The Balaban J connectivity index is 1.43. The van der Waals surface area contributed by atoms with Gasteiger partial charge in [0.25, 0.3) is 0 Å². The fraction of sp³-hybridized carbons (Fsp3) is 0.385. The third kappa shape index (κ3) is 5.72. The number of pyridine rings is 1. The summed E-state index contributed by atoms with van der Waals surface area (Å²) in [6.07, 6.45) is 1.51. The molecule has 0 atom stereocenters. The van der Waals surface area contributed by atoms with Crippen LogP contribution >= 0.6 is 0 Å². The van der Waals surface area contributed by atoms with Crippen LogP contribution in [0, 0.1) is 18.3 Å². The van der Waals surface area contributed by atoms with Gasteiger partial charge >= 0.3 is 6.09 Å². The number of benzene rings is 1. The zero-order valence-corrected chi connectivity index (χ0v) is 20.4. The van der Waals surface area contributed by atoms with Crippen LogP contribution in [0.2, 0.25) is 0 Å². The number of piperazine rings is 1. The molecule has 9 nitrogen and oxygen atoms in total. The highest BCUT2D eigenvalue weighted by Gasteiger charge is 2.27. The molecule has 9 heteroatoms. The first-order valence-electron chi connectivity index (χ1n) is 11.5. The molecule has 3 aromatic rings. The van der Waals surface area contributed by atoms with Crippen LogP contribution in [0.5, 0.6) is 11.6 Å². The number of carbonyl (C=O) groups excluding carboxylic acids is 2. The standard InChI is InChI=1S/C26H29N5O4/c1-18-14-19(16-27)15-23(28-18)34-22-7-5-6-21-20(22)8-9-31(21)17-24(32)29-10-12-30(13-11-29)25(33)35-26(2,3)4/h5-9,14-15H,10-13,17H2,1-4H3. The third-order valence-electron chi connectivity index (χ3n) is 5.64. The Bertz CT molecular complexity index is 1290. The van der Waals surface area contributed by atoms with E-state index in [1.165, 1.54) is 0 Å². The van der Waals surface area contributed by atoms with Crippen molar-refractivity contribution in [2.75, 3.05) is 26.2 Å². The van der Waals surface area contributed by atoms with Gasteiger partial charge in [-0.2, -0.15) is 5.26 Å². The number of fused-ring (bicyclic) bond motifs is 1. The second-order valence-corrected chi connectivity index (χ2v) is 9.53. The van der Waals surface area contributed by atoms with Crippen LogP contribution in [0.3, 0.4) is 0 Å². The fourth-order valence-electron chi connectivity index (χ4n) is 4.00. The Kier molecular flexibility index (Phi) is 6.65. The summed E-state index contributed by atoms with van der Waals surface area (Å²) >= 11 is 0. The molecule has 0 radical (unpaired) electrons. The number of hydrogen-bond donors (Lipinski definition) is 0. The summed E-state index contributed by atoms with van der Waals surface area (Å²) in [4.78, 5) is 33.0. The first-order chi connectivity index (χ1) is 16.6. The molecule has 1 aliphatic rings. The summed E-state index contributed by atoms with van der Waals surface area (Å²) in [6, 6.07) is 12.9. The van der Waals surface area contributed by atoms with Gasteiger partial charge in [-0.05, 0) is 52.0 Å². The molecule has 2 aromatic heterocycles. The topological polar surface area (TPSA) is 101 Å². The average molecular weight is 476 g/mol. The maximum absolute atomic E-state index is 13.0. The molecule has 1 fully saturated rings. The quantitative estimate of drug-likeness (QED) is 0.563. The Morgan fingerprint density at radius 3 is 2.49 bits per heavy atom. The molecule has 0 saturated carbocycles. The van der Waals surface area contributed by atoms with E-state index in [9.17, 15) is 14.9 Å². The van der Waals surface area contributed by atoms with Crippen LogP contribution in [-0.2, 0) is 16.1 Å². The lowest BCUT2D eigenvalue weighted by Gasteiger charge is -2.35. The zero-order valence-electron chi connectivity index (χ0n) is 20.4. The van der Waals surface area contributed by atoms with Crippen LogP contribution in [-0.4, -0.2) is 63.1 Å². The molecule has 0 bridgehead atoms. The molecule has 0 aliphatic carbocycles. The molecule has 0 spiro atoms.